The summed E-state index contributed by atoms with van der Waals surface area (Å²) in [5.41, 5.74) is 5.61. The van der Waals surface area contributed by atoms with E-state index in [-0.39, 0.29) is 5.91 Å². The highest BCUT2D eigenvalue weighted by Crippen LogP contribution is 2.37. The fourth-order valence-electron chi connectivity index (χ4n) is 3.39. The first-order chi connectivity index (χ1) is 12.7. The van der Waals surface area contributed by atoms with Crippen LogP contribution in [0, 0.1) is 6.92 Å². The molecule has 5 heteroatoms. The summed E-state index contributed by atoms with van der Waals surface area (Å²) in [4.78, 5) is 12.6. The number of hydrogen-bond donors (Lipinski definition) is 1. The Hall–Kier alpha value is -3.08. The summed E-state index contributed by atoms with van der Waals surface area (Å²) in [5, 5.41) is 6.99. The van der Waals surface area contributed by atoms with Crippen LogP contribution in [0.2, 0.25) is 0 Å². The van der Waals surface area contributed by atoms with Crippen molar-refractivity contribution in [1.29, 1.82) is 0 Å². The Bertz CT molecular complexity index is 975. The minimum absolute atomic E-state index is 0.206. The standard InChI is InChI=1S/C21H20N2O3/c1-13-4-3-5-14(10-13)12-22-21(24)19-17-9-7-15-6-8-16(25-2)11-18(15)20(17)26-23-19/h3-6,8,10-11H,7,9,12H2,1-2H3,(H,22,24). The van der Waals surface area contributed by atoms with Gasteiger partial charge in [0.1, 0.15) is 5.75 Å². The van der Waals surface area contributed by atoms with E-state index in [9.17, 15) is 4.79 Å². The molecule has 1 N–H and O–H groups in total. The number of fused-ring (bicyclic) bond motifs is 3. The number of nitrogens with one attached hydrogen (secondary N) is 1. The molecule has 0 bridgehead atoms. The normalized spacial score (nSPS) is 12.2. The number of nitrogens with zero attached hydrogens (tertiary/aromatic N) is 1. The number of aromatic nitrogens is 1. The summed E-state index contributed by atoms with van der Waals surface area (Å²) in [6, 6.07) is 14.0. The van der Waals surface area contributed by atoms with Gasteiger partial charge in [-0.2, -0.15) is 0 Å². The molecule has 0 saturated heterocycles. The van der Waals surface area contributed by atoms with Gasteiger partial charge in [-0.05, 0) is 43.0 Å². The smallest absolute Gasteiger partial charge is 0.274 e. The number of rotatable bonds is 4. The van der Waals surface area contributed by atoms with Crippen LogP contribution in [-0.4, -0.2) is 18.2 Å². The van der Waals surface area contributed by atoms with Crippen LogP contribution in [0.4, 0.5) is 0 Å². The number of benzene rings is 2. The first kappa shape index (κ1) is 16.4. The van der Waals surface area contributed by atoms with E-state index in [4.69, 9.17) is 9.26 Å². The molecular formula is C21H20N2O3. The molecule has 0 atom stereocenters. The Morgan fingerprint density at radius 3 is 2.92 bits per heavy atom. The van der Waals surface area contributed by atoms with Gasteiger partial charge in [0, 0.05) is 17.7 Å². The van der Waals surface area contributed by atoms with Gasteiger partial charge >= 0.3 is 0 Å². The number of amides is 1. The Labute approximate surface area is 152 Å². The van der Waals surface area contributed by atoms with Gasteiger partial charge in [0.2, 0.25) is 0 Å². The maximum absolute atomic E-state index is 12.6. The Balaban J connectivity index is 1.58. The monoisotopic (exact) mass is 348 g/mol. The second kappa shape index (κ2) is 6.67. The summed E-state index contributed by atoms with van der Waals surface area (Å²) in [5.74, 6) is 1.23. The van der Waals surface area contributed by atoms with Crippen LogP contribution in [0.15, 0.2) is 47.0 Å². The molecule has 132 valence electrons. The lowest BCUT2D eigenvalue weighted by atomic mass is 9.89. The maximum Gasteiger partial charge on any atom is 0.274 e. The highest BCUT2D eigenvalue weighted by Gasteiger charge is 2.27. The van der Waals surface area contributed by atoms with Crippen LogP contribution in [-0.2, 0) is 19.4 Å². The van der Waals surface area contributed by atoms with Gasteiger partial charge in [0.05, 0.1) is 7.11 Å². The van der Waals surface area contributed by atoms with Crippen LogP contribution < -0.4 is 10.1 Å². The third-order valence-corrected chi connectivity index (χ3v) is 4.74. The Morgan fingerprint density at radius 1 is 1.23 bits per heavy atom. The average molecular weight is 348 g/mol. The van der Waals surface area contributed by atoms with Crippen molar-refractivity contribution in [3.8, 4) is 17.1 Å². The zero-order chi connectivity index (χ0) is 18.1. The molecule has 3 aromatic rings. The van der Waals surface area contributed by atoms with Crippen molar-refractivity contribution in [3.05, 3.63) is 70.4 Å². The van der Waals surface area contributed by atoms with E-state index in [1.54, 1.807) is 7.11 Å². The Kier molecular flexibility index (Phi) is 4.21. The zero-order valence-corrected chi connectivity index (χ0v) is 14.8. The molecular weight excluding hydrogens is 328 g/mol. The molecule has 0 saturated carbocycles. The van der Waals surface area contributed by atoms with Gasteiger partial charge in [0.15, 0.2) is 11.5 Å². The zero-order valence-electron chi connectivity index (χ0n) is 14.8. The molecule has 0 radical (unpaired) electrons. The van der Waals surface area contributed by atoms with E-state index in [2.05, 4.69) is 16.5 Å². The van der Waals surface area contributed by atoms with Crippen molar-refractivity contribution in [2.45, 2.75) is 26.3 Å². The van der Waals surface area contributed by atoms with Crippen molar-refractivity contribution in [2.24, 2.45) is 0 Å². The molecule has 2 aromatic carbocycles. The second-order valence-electron chi connectivity index (χ2n) is 6.53. The van der Waals surface area contributed by atoms with Crippen LogP contribution in [0.25, 0.3) is 11.3 Å². The van der Waals surface area contributed by atoms with E-state index >= 15 is 0 Å². The minimum atomic E-state index is -0.206. The summed E-state index contributed by atoms with van der Waals surface area (Å²) in [6.07, 6.45) is 1.59. The third kappa shape index (κ3) is 2.96. The molecule has 1 amide bonds. The van der Waals surface area contributed by atoms with Crippen LogP contribution >= 0.6 is 0 Å². The third-order valence-electron chi connectivity index (χ3n) is 4.74. The van der Waals surface area contributed by atoms with Gasteiger partial charge in [-0.1, -0.05) is 41.1 Å². The van der Waals surface area contributed by atoms with Gasteiger partial charge in [-0.3, -0.25) is 4.79 Å². The fourth-order valence-corrected chi connectivity index (χ4v) is 3.39. The van der Waals surface area contributed by atoms with Crippen molar-refractivity contribution < 1.29 is 14.1 Å². The number of hydrogen-bond acceptors (Lipinski definition) is 4. The number of methoxy groups -OCH3 is 1. The van der Waals surface area contributed by atoms with Crippen LogP contribution in [0.5, 0.6) is 5.75 Å². The fraction of sp³-hybridized carbons (Fsp3) is 0.238. The first-order valence-corrected chi connectivity index (χ1v) is 8.65. The maximum atomic E-state index is 12.6. The molecule has 1 heterocycles. The summed E-state index contributed by atoms with van der Waals surface area (Å²) >= 11 is 0. The molecule has 0 aliphatic heterocycles. The number of ether oxygens (including phenoxy) is 1. The predicted octanol–water partition coefficient (Wildman–Crippen LogP) is 3.69. The highest BCUT2D eigenvalue weighted by molar-refractivity contribution is 5.95. The highest BCUT2D eigenvalue weighted by atomic mass is 16.5. The largest absolute Gasteiger partial charge is 0.497 e. The molecule has 5 nitrogen and oxygen atoms in total. The van der Waals surface area contributed by atoms with E-state index < -0.39 is 0 Å². The second-order valence-corrected chi connectivity index (χ2v) is 6.53. The number of carbonyl (C=O) groups is 1. The van der Waals surface area contributed by atoms with Gasteiger partial charge < -0.3 is 14.6 Å². The van der Waals surface area contributed by atoms with Crippen LogP contribution in [0.1, 0.15) is 32.7 Å². The average Bonchev–Trinajstić information content (AvgIpc) is 3.10. The van der Waals surface area contributed by atoms with Crippen LogP contribution in [0.3, 0.4) is 0 Å². The van der Waals surface area contributed by atoms with Crippen molar-refractivity contribution in [1.82, 2.24) is 10.5 Å². The molecule has 1 aliphatic carbocycles. The van der Waals surface area contributed by atoms with E-state index in [1.165, 1.54) is 11.1 Å². The summed E-state index contributed by atoms with van der Waals surface area (Å²) < 4.78 is 10.8. The van der Waals surface area contributed by atoms with Crippen molar-refractivity contribution in [2.75, 3.05) is 7.11 Å². The first-order valence-electron chi connectivity index (χ1n) is 8.65. The molecule has 1 aromatic heterocycles. The lowest BCUT2D eigenvalue weighted by Gasteiger charge is -2.15. The van der Waals surface area contributed by atoms with Crippen molar-refractivity contribution in [3.63, 3.8) is 0 Å². The Morgan fingerprint density at radius 2 is 2.12 bits per heavy atom. The lowest BCUT2D eigenvalue weighted by Crippen LogP contribution is -2.24. The molecule has 1 aliphatic rings. The number of aryl methyl sites for hydroxylation is 2. The van der Waals surface area contributed by atoms with Gasteiger partial charge in [-0.25, -0.2) is 0 Å². The quantitative estimate of drug-likeness (QED) is 0.781. The molecule has 0 spiro atoms. The molecule has 26 heavy (non-hydrogen) atoms. The molecule has 0 unspecified atom stereocenters. The molecule has 4 rings (SSSR count). The molecule has 0 fully saturated rings. The number of carbonyl (C=O) groups excluding carboxylic acids is 1. The lowest BCUT2D eigenvalue weighted by molar-refractivity contribution is 0.0941. The minimum Gasteiger partial charge on any atom is -0.497 e. The summed E-state index contributed by atoms with van der Waals surface area (Å²) in [7, 11) is 1.63. The predicted molar refractivity (Wildman–Crippen MR) is 98.2 cm³/mol. The van der Waals surface area contributed by atoms with Gasteiger partial charge in [-0.15, -0.1) is 0 Å². The SMILES string of the molecule is COc1ccc2c(c1)-c1onc(C(=O)NCc3cccc(C)c3)c1CC2. The topological polar surface area (TPSA) is 64.4 Å². The van der Waals surface area contributed by atoms with E-state index in [1.807, 2.05) is 43.3 Å². The van der Waals surface area contributed by atoms with Crippen molar-refractivity contribution >= 4 is 5.91 Å². The summed E-state index contributed by atoms with van der Waals surface area (Å²) in [6.45, 7) is 2.50. The van der Waals surface area contributed by atoms with E-state index in [0.29, 0.717) is 18.0 Å². The van der Waals surface area contributed by atoms with Gasteiger partial charge in [0.25, 0.3) is 5.91 Å². The van der Waals surface area contributed by atoms with E-state index in [0.717, 1.165) is 35.3 Å².